The van der Waals surface area contributed by atoms with Crippen LogP contribution in [0.25, 0.3) is 0 Å². The molecule has 0 saturated carbocycles. The Morgan fingerprint density at radius 2 is 0.786 bits per heavy atom. The number of hydrogen-bond acceptors (Lipinski definition) is 0. The highest BCUT2D eigenvalue weighted by molar-refractivity contribution is 7.62. The van der Waals surface area contributed by atoms with Crippen molar-refractivity contribution in [3.8, 4) is 0 Å². The fraction of sp³-hybridized carbons (Fsp3) is 1.00. The van der Waals surface area contributed by atoms with Crippen LogP contribution in [0.15, 0.2) is 0 Å². The first-order valence-electron chi connectivity index (χ1n) is 2.55. The van der Waals surface area contributed by atoms with E-state index in [4.69, 9.17) is 0 Å². The summed E-state index contributed by atoms with van der Waals surface area (Å²) in [5, 5.41) is -7.08. The Labute approximate surface area is 70.6 Å². The molecule has 0 aliphatic carbocycles. The van der Waals surface area contributed by atoms with Crippen molar-refractivity contribution in [1.29, 1.82) is 0 Å². The van der Waals surface area contributed by atoms with Gasteiger partial charge in [0.1, 0.15) is 0 Å². The molecule has 0 aromatic heterocycles. The van der Waals surface area contributed by atoms with Gasteiger partial charge in [-0.15, -0.1) is 0 Å². The third-order valence-electron chi connectivity index (χ3n) is 1.10. The summed E-state index contributed by atoms with van der Waals surface area (Å²) in [5.74, 6) is 0. The van der Waals surface area contributed by atoms with E-state index in [0.717, 1.165) is 0 Å². The normalized spacial score (nSPS) is 15.9. The lowest BCUT2D eigenvalue weighted by Gasteiger charge is -2.23. The van der Waals surface area contributed by atoms with E-state index in [1.54, 1.807) is 0 Å². The summed E-state index contributed by atoms with van der Waals surface area (Å²) in [4.78, 5) is 0. The molecule has 0 aromatic carbocycles. The minimum atomic E-state index is -8.30. The van der Waals surface area contributed by atoms with Gasteiger partial charge in [-0.3, -0.25) is 0 Å². The van der Waals surface area contributed by atoms with E-state index in [2.05, 4.69) is 0 Å². The maximum absolute atomic E-state index is 12.0. The molecular formula is C3F10P+. The van der Waals surface area contributed by atoms with E-state index in [9.17, 15) is 43.3 Å². The summed E-state index contributed by atoms with van der Waals surface area (Å²) >= 11 is 0. The summed E-state index contributed by atoms with van der Waals surface area (Å²) < 4.78 is 114. The van der Waals surface area contributed by atoms with Crippen molar-refractivity contribution in [3.63, 3.8) is 0 Å². The second-order valence-corrected chi connectivity index (χ2v) is 3.57. The van der Waals surface area contributed by atoms with Gasteiger partial charge in [-0.05, 0) is 0 Å². The highest BCUT2D eigenvalue weighted by Crippen LogP contribution is 2.81. The molecule has 0 bridgehead atoms. The van der Waals surface area contributed by atoms with Gasteiger partial charge in [0.05, 0.1) is 0 Å². The van der Waals surface area contributed by atoms with Gasteiger partial charge in [0.15, 0.2) is 0 Å². The van der Waals surface area contributed by atoms with Crippen molar-refractivity contribution in [2.75, 3.05) is 0 Å². The van der Waals surface area contributed by atoms with Crippen LogP contribution >= 0.6 is 8.19 Å². The van der Waals surface area contributed by atoms with Crippen LogP contribution in [0.2, 0.25) is 0 Å². The highest BCUT2D eigenvalue weighted by Gasteiger charge is 2.94. The summed E-state index contributed by atoms with van der Waals surface area (Å²) in [6.07, 6.45) is -14.1. The molecule has 0 saturated heterocycles. The van der Waals surface area contributed by atoms with E-state index in [-0.39, 0.29) is 0 Å². The third-order valence-corrected chi connectivity index (χ3v) is 2.31. The lowest BCUT2D eigenvalue weighted by Crippen LogP contribution is -2.52. The van der Waals surface area contributed by atoms with Crippen LogP contribution in [0.1, 0.15) is 0 Å². The SMILES string of the molecule is FC(F)(F)C(F)(C(F)(F)F)[P+](F)(F)F. The van der Waals surface area contributed by atoms with Gasteiger partial charge in [-0.25, -0.2) is 0 Å². The zero-order chi connectivity index (χ0) is 12.0. The maximum Gasteiger partial charge on any atom is 0.624 e. The first-order chi connectivity index (χ1) is 5.75. The summed E-state index contributed by atoms with van der Waals surface area (Å²) in [6, 6.07) is 0. The quantitative estimate of drug-likeness (QED) is 0.481. The van der Waals surface area contributed by atoms with Gasteiger partial charge >= 0.3 is 26.0 Å². The van der Waals surface area contributed by atoms with Crippen molar-refractivity contribution in [2.24, 2.45) is 0 Å². The van der Waals surface area contributed by atoms with Crippen LogP contribution in [0, 0.1) is 0 Å². The molecule has 0 rings (SSSR count). The lowest BCUT2D eigenvalue weighted by molar-refractivity contribution is -0.311. The van der Waals surface area contributed by atoms with Gasteiger partial charge in [-0.2, -0.15) is 30.7 Å². The van der Waals surface area contributed by atoms with Crippen molar-refractivity contribution in [1.82, 2.24) is 0 Å². The molecule has 0 fully saturated rings. The largest absolute Gasteiger partial charge is 0.624 e. The molecule has 0 heterocycles. The minimum Gasteiger partial charge on any atom is -0.170 e. The number of rotatable bonds is 1. The van der Waals surface area contributed by atoms with Crippen LogP contribution < -0.4 is 0 Å². The van der Waals surface area contributed by atoms with Crippen molar-refractivity contribution in [3.05, 3.63) is 0 Å². The lowest BCUT2D eigenvalue weighted by atomic mass is 10.3. The van der Waals surface area contributed by atoms with Crippen LogP contribution in [0.5, 0.6) is 0 Å². The molecule has 0 aliphatic heterocycles. The van der Waals surface area contributed by atoms with E-state index < -0.39 is 26.0 Å². The Morgan fingerprint density at radius 3 is 0.786 bits per heavy atom. The average Bonchev–Trinajstić information content (AvgIpc) is 1.77. The molecule has 0 spiro atoms. The Kier molecular flexibility index (Phi) is 3.05. The average molecular weight is 257 g/mol. The van der Waals surface area contributed by atoms with Crippen molar-refractivity contribution < 1.29 is 43.3 Å². The smallest absolute Gasteiger partial charge is 0.170 e. The Morgan fingerprint density at radius 1 is 0.571 bits per heavy atom. The molecular weight excluding hydrogens is 257 g/mol. The van der Waals surface area contributed by atoms with E-state index in [1.165, 1.54) is 0 Å². The molecule has 0 unspecified atom stereocenters. The summed E-state index contributed by atoms with van der Waals surface area (Å²) in [7, 11) is -8.30. The Hall–Kier alpha value is -0.270. The summed E-state index contributed by atoms with van der Waals surface area (Å²) in [6.45, 7) is 0. The predicted octanol–water partition coefficient (Wildman–Crippen LogP) is 4.45. The van der Waals surface area contributed by atoms with Crippen molar-refractivity contribution in [2.45, 2.75) is 17.8 Å². The summed E-state index contributed by atoms with van der Waals surface area (Å²) in [5.41, 5.74) is 0. The van der Waals surface area contributed by atoms with Crippen LogP contribution in [-0.4, -0.2) is 17.8 Å². The van der Waals surface area contributed by atoms with Crippen LogP contribution in [0.3, 0.4) is 0 Å². The van der Waals surface area contributed by atoms with E-state index in [0.29, 0.717) is 0 Å². The van der Waals surface area contributed by atoms with Crippen molar-refractivity contribution >= 4 is 8.19 Å². The third kappa shape index (κ3) is 1.89. The van der Waals surface area contributed by atoms with Gasteiger partial charge in [0.25, 0.3) is 0 Å². The number of alkyl halides is 7. The fourth-order valence-corrected chi connectivity index (χ4v) is 1.02. The molecule has 0 radical (unpaired) electrons. The van der Waals surface area contributed by atoms with Gasteiger partial charge in [0.2, 0.25) is 0 Å². The molecule has 0 aromatic rings. The Bertz CT molecular complexity index is 169. The van der Waals surface area contributed by atoms with Crippen LogP contribution in [0.4, 0.5) is 43.3 Å². The topological polar surface area (TPSA) is 0 Å². The van der Waals surface area contributed by atoms with Gasteiger partial charge in [0, 0.05) is 12.6 Å². The maximum atomic E-state index is 12.0. The Balaban J connectivity index is 5.54. The van der Waals surface area contributed by atoms with Crippen LogP contribution in [-0.2, 0) is 0 Å². The van der Waals surface area contributed by atoms with Gasteiger partial charge in [-0.1, -0.05) is 0 Å². The monoisotopic (exact) mass is 257 g/mol. The zero-order valence-corrected chi connectivity index (χ0v) is 6.62. The molecule has 11 heteroatoms. The molecule has 0 aliphatic rings. The standard InChI is InChI=1S/C3F10P/c4-1(2(5,6)7,3(8,9)10)14(11,12)13/q+1. The van der Waals surface area contributed by atoms with Gasteiger partial charge < -0.3 is 0 Å². The molecule has 0 N–H and O–H groups in total. The first kappa shape index (κ1) is 13.7. The minimum absolute atomic E-state index is 7.04. The second kappa shape index (κ2) is 3.11. The number of halogens is 10. The molecule has 86 valence electrons. The fourth-order valence-electron chi connectivity index (χ4n) is 0.448. The zero-order valence-electron chi connectivity index (χ0n) is 5.73. The highest BCUT2D eigenvalue weighted by atomic mass is 31.3. The predicted molar refractivity (Wildman–Crippen MR) is 26.2 cm³/mol. The first-order valence-corrected chi connectivity index (χ1v) is 4.01. The number of hydrogen-bond donors (Lipinski definition) is 0. The molecule has 0 amide bonds. The molecule has 0 atom stereocenters. The molecule has 0 nitrogen and oxygen atoms in total. The van der Waals surface area contributed by atoms with E-state index >= 15 is 0 Å². The molecule has 14 heavy (non-hydrogen) atoms. The second-order valence-electron chi connectivity index (χ2n) is 2.06. The van der Waals surface area contributed by atoms with E-state index in [1.807, 2.05) is 0 Å².